The summed E-state index contributed by atoms with van der Waals surface area (Å²) >= 11 is 1.63. The molecule has 0 radical (unpaired) electrons. The molecule has 16 heavy (non-hydrogen) atoms. The Labute approximate surface area is 98.9 Å². The Morgan fingerprint density at radius 2 is 2.44 bits per heavy atom. The van der Waals surface area contributed by atoms with E-state index in [2.05, 4.69) is 16.8 Å². The zero-order chi connectivity index (χ0) is 11.7. The third-order valence-corrected chi connectivity index (χ3v) is 4.31. The average Bonchev–Trinajstić information content (AvgIpc) is 2.84. The summed E-state index contributed by atoms with van der Waals surface area (Å²) in [7, 11) is 0. The molecule has 0 aromatic carbocycles. The fourth-order valence-electron chi connectivity index (χ4n) is 2.25. The van der Waals surface area contributed by atoms with Crippen LogP contribution in [0.3, 0.4) is 0 Å². The quantitative estimate of drug-likeness (QED) is 0.876. The van der Waals surface area contributed by atoms with Crippen LogP contribution in [-0.2, 0) is 4.79 Å². The van der Waals surface area contributed by atoms with Gasteiger partial charge in [0.05, 0.1) is 11.4 Å². The molecule has 5 heteroatoms. The summed E-state index contributed by atoms with van der Waals surface area (Å²) < 4.78 is 0. The zero-order valence-corrected chi connectivity index (χ0v) is 10.3. The van der Waals surface area contributed by atoms with E-state index in [-0.39, 0.29) is 17.9 Å². The Morgan fingerprint density at radius 1 is 1.69 bits per heavy atom. The summed E-state index contributed by atoms with van der Waals surface area (Å²) in [5.74, 6) is -0.672. The molecule has 4 nitrogen and oxygen atoms in total. The van der Waals surface area contributed by atoms with E-state index >= 15 is 0 Å². The molecule has 1 aromatic heterocycles. The van der Waals surface area contributed by atoms with Crippen molar-refractivity contribution in [3.8, 4) is 0 Å². The Kier molecular flexibility index (Phi) is 3.25. The normalized spacial score (nSPS) is 28.1. The lowest BCUT2D eigenvalue weighted by Crippen LogP contribution is -2.25. The molecule has 1 aliphatic heterocycles. The number of aromatic nitrogens is 1. The Morgan fingerprint density at radius 3 is 2.94 bits per heavy atom. The molecule has 1 saturated heterocycles. The molecule has 0 spiro atoms. The number of likely N-dealkylation sites (tertiary alicyclic amines) is 1. The van der Waals surface area contributed by atoms with Gasteiger partial charge >= 0.3 is 5.97 Å². The van der Waals surface area contributed by atoms with Gasteiger partial charge in [-0.25, -0.2) is 0 Å². The first-order valence-corrected chi connectivity index (χ1v) is 6.32. The number of nitrogens with zero attached hydrogens (tertiary/aromatic N) is 2. The first-order valence-electron chi connectivity index (χ1n) is 5.45. The van der Waals surface area contributed by atoms with Crippen molar-refractivity contribution in [2.24, 2.45) is 11.8 Å². The Bertz CT molecular complexity index is 366. The van der Waals surface area contributed by atoms with Gasteiger partial charge in [0.2, 0.25) is 0 Å². The van der Waals surface area contributed by atoms with Crippen molar-refractivity contribution in [2.45, 2.75) is 19.9 Å². The fourth-order valence-corrected chi connectivity index (χ4v) is 2.97. The van der Waals surface area contributed by atoms with Gasteiger partial charge in [0.1, 0.15) is 0 Å². The number of hydrogen-bond acceptors (Lipinski definition) is 4. The highest BCUT2D eigenvalue weighted by molar-refractivity contribution is 7.09. The minimum atomic E-state index is -0.675. The van der Waals surface area contributed by atoms with Gasteiger partial charge in [0.15, 0.2) is 0 Å². The highest BCUT2D eigenvalue weighted by Crippen LogP contribution is 2.32. The van der Waals surface area contributed by atoms with Gasteiger partial charge in [-0.15, -0.1) is 11.3 Å². The average molecular weight is 240 g/mol. The van der Waals surface area contributed by atoms with E-state index in [4.69, 9.17) is 5.11 Å². The SMILES string of the molecule is CC(c1cncs1)N1C[C@@H](C)[C@H](C(=O)O)C1. The van der Waals surface area contributed by atoms with Crippen molar-refractivity contribution < 1.29 is 9.90 Å². The second kappa shape index (κ2) is 4.51. The van der Waals surface area contributed by atoms with Crippen molar-refractivity contribution >= 4 is 17.3 Å². The molecule has 0 amide bonds. The minimum absolute atomic E-state index is 0.227. The van der Waals surface area contributed by atoms with E-state index in [1.807, 2.05) is 18.6 Å². The molecule has 0 bridgehead atoms. The Hall–Kier alpha value is -0.940. The molecular weight excluding hydrogens is 224 g/mol. The van der Waals surface area contributed by atoms with E-state index in [0.29, 0.717) is 6.54 Å². The van der Waals surface area contributed by atoms with Gasteiger partial charge in [-0.05, 0) is 12.8 Å². The lowest BCUT2D eigenvalue weighted by atomic mass is 9.99. The first-order chi connectivity index (χ1) is 7.59. The number of rotatable bonds is 3. The summed E-state index contributed by atoms with van der Waals surface area (Å²) in [5.41, 5.74) is 1.82. The molecule has 1 N–H and O–H groups in total. The maximum Gasteiger partial charge on any atom is 0.308 e. The van der Waals surface area contributed by atoms with Crippen LogP contribution in [0.5, 0.6) is 0 Å². The van der Waals surface area contributed by atoms with Gasteiger partial charge in [-0.3, -0.25) is 14.7 Å². The summed E-state index contributed by atoms with van der Waals surface area (Å²) in [5, 5.41) is 9.08. The minimum Gasteiger partial charge on any atom is -0.481 e. The number of hydrogen-bond donors (Lipinski definition) is 1. The topological polar surface area (TPSA) is 53.4 Å². The highest BCUT2D eigenvalue weighted by Gasteiger charge is 2.37. The summed E-state index contributed by atoms with van der Waals surface area (Å²) in [6.45, 7) is 5.63. The smallest absolute Gasteiger partial charge is 0.308 e. The van der Waals surface area contributed by atoms with Crippen molar-refractivity contribution in [1.82, 2.24) is 9.88 Å². The highest BCUT2D eigenvalue weighted by atomic mass is 32.1. The number of carbonyl (C=O) groups is 1. The van der Waals surface area contributed by atoms with E-state index < -0.39 is 5.97 Å². The van der Waals surface area contributed by atoms with Crippen LogP contribution in [0.15, 0.2) is 11.7 Å². The standard InChI is InChI=1S/C11H16N2O2S/c1-7-4-13(5-9(7)11(14)15)8(2)10-3-12-6-16-10/h3,6-9H,4-5H2,1-2H3,(H,14,15)/t7-,8?,9-/m1/s1. The third kappa shape index (κ3) is 2.10. The number of carboxylic acids is 1. The summed E-state index contributed by atoms with van der Waals surface area (Å²) in [6.07, 6.45) is 1.87. The van der Waals surface area contributed by atoms with Crippen LogP contribution >= 0.6 is 11.3 Å². The van der Waals surface area contributed by atoms with Gasteiger partial charge in [-0.2, -0.15) is 0 Å². The molecule has 3 atom stereocenters. The lowest BCUT2D eigenvalue weighted by Gasteiger charge is -2.22. The summed E-state index contributed by atoms with van der Waals surface area (Å²) in [4.78, 5) is 18.5. The number of aliphatic carboxylic acids is 1. The fraction of sp³-hybridized carbons (Fsp3) is 0.636. The molecule has 1 aromatic rings. The predicted octanol–water partition coefficient (Wildman–Crippen LogP) is 1.86. The predicted molar refractivity (Wildman–Crippen MR) is 62.4 cm³/mol. The molecule has 0 aliphatic carbocycles. The van der Waals surface area contributed by atoms with Crippen LogP contribution < -0.4 is 0 Å². The molecular formula is C11H16N2O2S. The molecule has 0 saturated carbocycles. The van der Waals surface area contributed by atoms with Crippen LogP contribution in [-0.4, -0.2) is 34.0 Å². The molecule has 88 valence electrons. The van der Waals surface area contributed by atoms with Crippen molar-refractivity contribution in [3.05, 3.63) is 16.6 Å². The maximum absolute atomic E-state index is 11.0. The van der Waals surface area contributed by atoms with Crippen molar-refractivity contribution in [2.75, 3.05) is 13.1 Å². The monoisotopic (exact) mass is 240 g/mol. The second-order valence-corrected chi connectivity index (χ2v) is 5.37. The molecule has 2 heterocycles. The zero-order valence-electron chi connectivity index (χ0n) is 9.46. The maximum atomic E-state index is 11.0. The molecule has 1 aliphatic rings. The van der Waals surface area contributed by atoms with Crippen LogP contribution in [0.4, 0.5) is 0 Å². The van der Waals surface area contributed by atoms with Gasteiger partial charge in [-0.1, -0.05) is 6.92 Å². The second-order valence-electron chi connectivity index (χ2n) is 4.46. The van der Waals surface area contributed by atoms with E-state index in [1.54, 1.807) is 11.3 Å². The molecule has 1 fully saturated rings. The van der Waals surface area contributed by atoms with Crippen molar-refractivity contribution in [1.29, 1.82) is 0 Å². The van der Waals surface area contributed by atoms with Crippen LogP contribution in [0.1, 0.15) is 24.8 Å². The number of thiazole rings is 1. The van der Waals surface area contributed by atoms with E-state index in [1.165, 1.54) is 4.88 Å². The molecule has 2 rings (SSSR count). The lowest BCUT2D eigenvalue weighted by molar-refractivity contribution is -0.142. The van der Waals surface area contributed by atoms with Gasteiger partial charge < -0.3 is 5.11 Å². The largest absolute Gasteiger partial charge is 0.481 e. The summed E-state index contributed by atoms with van der Waals surface area (Å²) in [6, 6.07) is 0.277. The van der Waals surface area contributed by atoms with E-state index in [0.717, 1.165) is 6.54 Å². The third-order valence-electron chi connectivity index (χ3n) is 3.37. The van der Waals surface area contributed by atoms with E-state index in [9.17, 15) is 4.79 Å². The van der Waals surface area contributed by atoms with Crippen LogP contribution in [0.25, 0.3) is 0 Å². The first kappa shape index (κ1) is 11.5. The van der Waals surface area contributed by atoms with Gasteiger partial charge in [0.25, 0.3) is 0 Å². The number of carboxylic acid groups (broad SMARTS) is 1. The molecule has 1 unspecified atom stereocenters. The van der Waals surface area contributed by atoms with Crippen LogP contribution in [0, 0.1) is 11.8 Å². The van der Waals surface area contributed by atoms with Gasteiger partial charge in [0, 0.05) is 30.2 Å². The van der Waals surface area contributed by atoms with Crippen LogP contribution in [0.2, 0.25) is 0 Å². The van der Waals surface area contributed by atoms with Crippen molar-refractivity contribution in [3.63, 3.8) is 0 Å². The Balaban J connectivity index is 2.05.